The molecule has 0 radical (unpaired) electrons. The minimum Gasteiger partial charge on any atom is -0.493 e. The number of aromatic nitrogens is 1. The molecular formula is C21H29N3O2. The monoisotopic (exact) mass is 355 g/mol. The maximum atomic E-state index is 5.57. The average molecular weight is 355 g/mol. The largest absolute Gasteiger partial charge is 0.493 e. The molecule has 1 aliphatic heterocycles. The average Bonchev–Trinajstić information content (AvgIpc) is 2.93. The smallest absolute Gasteiger partial charge is 0.162 e. The molecule has 1 aromatic heterocycles. The molecule has 0 bridgehead atoms. The Morgan fingerprint density at radius 2 is 1.85 bits per heavy atom. The van der Waals surface area contributed by atoms with Crippen LogP contribution in [0.5, 0.6) is 11.5 Å². The van der Waals surface area contributed by atoms with Crippen molar-refractivity contribution < 1.29 is 9.47 Å². The van der Waals surface area contributed by atoms with E-state index in [1.807, 2.05) is 6.07 Å². The number of aryl methyl sites for hydroxylation is 1. The summed E-state index contributed by atoms with van der Waals surface area (Å²) < 4.78 is 11.1. The summed E-state index contributed by atoms with van der Waals surface area (Å²) in [6.07, 6.45) is 8.35. The van der Waals surface area contributed by atoms with Gasteiger partial charge in [0.2, 0.25) is 0 Å². The van der Waals surface area contributed by atoms with Crippen LogP contribution in [0.25, 0.3) is 10.9 Å². The fourth-order valence-electron chi connectivity index (χ4n) is 4.27. The number of fused-ring (bicyclic) bond motifs is 2. The van der Waals surface area contributed by atoms with E-state index in [2.05, 4.69) is 16.7 Å². The third-order valence-corrected chi connectivity index (χ3v) is 5.66. The van der Waals surface area contributed by atoms with Gasteiger partial charge >= 0.3 is 0 Å². The highest BCUT2D eigenvalue weighted by atomic mass is 16.5. The fraction of sp³-hybridized carbons (Fsp3) is 0.571. The summed E-state index contributed by atoms with van der Waals surface area (Å²) >= 11 is 0. The molecule has 140 valence electrons. The van der Waals surface area contributed by atoms with Crippen molar-refractivity contribution in [1.82, 2.24) is 10.3 Å². The van der Waals surface area contributed by atoms with Crippen molar-refractivity contribution in [3.05, 3.63) is 23.4 Å². The van der Waals surface area contributed by atoms with Gasteiger partial charge in [-0.25, -0.2) is 0 Å². The first-order valence-electron chi connectivity index (χ1n) is 9.85. The van der Waals surface area contributed by atoms with Gasteiger partial charge in [0.15, 0.2) is 11.5 Å². The third-order valence-electron chi connectivity index (χ3n) is 5.66. The molecule has 0 unspecified atom stereocenters. The Morgan fingerprint density at radius 3 is 2.62 bits per heavy atom. The number of hydrogen-bond donors (Lipinski definition) is 2. The zero-order chi connectivity index (χ0) is 17.9. The molecule has 2 N–H and O–H groups in total. The number of piperidine rings is 1. The number of anilines is 1. The number of methoxy groups -OCH3 is 2. The first-order chi connectivity index (χ1) is 12.8. The Hall–Kier alpha value is -2.01. The van der Waals surface area contributed by atoms with E-state index in [9.17, 15) is 0 Å². The quantitative estimate of drug-likeness (QED) is 0.820. The molecule has 1 fully saturated rings. The van der Waals surface area contributed by atoms with E-state index in [0.717, 1.165) is 48.3 Å². The predicted molar refractivity (Wildman–Crippen MR) is 106 cm³/mol. The molecule has 1 atom stereocenters. The molecule has 5 nitrogen and oxygen atoms in total. The number of pyridine rings is 1. The van der Waals surface area contributed by atoms with Crippen LogP contribution in [0.1, 0.15) is 43.4 Å². The van der Waals surface area contributed by atoms with Crippen molar-refractivity contribution in [2.24, 2.45) is 0 Å². The summed E-state index contributed by atoms with van der Waals surface area (Å²) in [5, 5.41) is 8.53. The van der Waals surface area contributed by atoms with Gasteiger partial charge in [0.05, 0.1) is 19.7 Å². The lowest BCUT2D eigenvalue weighted by Crippen LogP contribution is -2.38. The van der Waals surface area contributed by atoms with Crippen LogP contribution in [0.3, 0.4) is 0 Å². The minimum absolute atomic E-state index is 0.467. The van der Waals surface area contributed by atoms with Crippen LogP contribution >= 0.6 is 0 Å². The number of benzene rings is 1. The summed E-state index contributed by atoms with van der Waals surface area (Å²) in [6, 6.07) is 4.57. The lowest BCUT2D eigenvalue weighted by molar-refractivity contribution is 0.356. The molecule has 1 saturated heterocycles. The molecular weight excluding hydrogens is 326 g/mol. The molecule has 26 heavy (non-hydrogen) atoms. The maximum absolute atomic E-state index is 5.57. The predicted octanol–water partition coefficient (Wildman–Crippen LogP) is 3.68. The van der Waals surface area contributed by atoms with Gasteiger partial charge < -0.3 is 20.1 Å². The third kappa shape index (κ3) is 3.32. The lowest BCUT2D eigenvalue weighted by Gasteiger charge is -2.27. The second kappa shape index (κ2) is 7.70. The van der Waals surface area contributed by atoms with Crippen LogP contribution in [-0.4, -0.2) is 38.3 Å². The fourth-order valence-corrected chi connectivity index (χ4v) is 4.27. The summed E-state index contributed by atoms with van der Waals surface area (Å²) in [7, 11) is 3.37. The van der Waals surface area contributed by atoms with Crippen molar-refractivity contribution in [1.29, 1.82) is 0 Å². The number of ether oxygens (including phenoxy) is 2. The standard InChI is InChI=1S/C21H29N3O2/c1-25-19-11-16-18(12-20(19)26-2)24-17-9-5-3-4-8-15(17)21(16)23-14-7-6-10-22-13-14/h11-12,14,22H,3-10,13H2,1-2H3,(H,23,24)/t14-/m1/s1. The van der Waals surface area contributed by atoms with Crippen molar-refractivity contribution in [2.75, 3.05) is 32.6 Å². The van der Waals surface area contributed by atoms with Crippen LogP contribution in [0, 0.1) is 0 Å². The van der Waals surface area contributed by atoms with E-state index < -0.39 is 0 Å². The van der Waals surface area contributed by atoms with E-state index in [1.54, 1.807) is 14.2 Å². The van der Waals surface area contributed by atoms with Gasteiger partial charge in [0.1, 0.15) is 0 Å². The molecule has 2 aliphatic rings. The van der Waals surface area contributed by atoms with E-state index in [1.165, 1.54) is 49.0 Å². The number of rotatable bonds is 4. The van der Waals surface area contributed by atoms with Gasteiger partial charge in [-0.05, 0) is 56.7 Å². The molecule has 2 heterocycles. The van der Waals surface area contributed by atoms with Crippen LogP contribution in [0.4, 0.5) is 5.69 Å². The van der Waals surface area contributed by atoms with E-state index in [-0.39, 0.29) is 0 Å². The Balaban J connectivity index is 1.86. The Kier molecular flexibility index (Phi) is 5.16. The van der Waals surface area contributed by atoms with Gasteiger partial charge in [-0.15, -0.1) is 0 Å². The van der Waals surface area contributed by atoms with Crippen molar-refractivity contribution >= 4 is 16.6 Å². The zero-order valence-electron chi connectivity index (χ0n) is 15.9. The minimum atomic E-state index is 0.467. The van der Waals surface area contributed by atoms with Crippen LogP contribution in [-0.2, 0) is 12.8 Å². The normalized spacial score (nSPS) is 20.3. The van der Waals surface area contributed by atoms with Crippen LogP contribution in [0.2, 0.25) is 0 Å². The molecule has 4 rings (SSSR count). The van der Waals surface area contributed by atoms with Crippen LogP contribution < -0.4 is 20.1 Å². The maximum Gasteiger partial charge on any atom is 0.162 e. The Bertz CT molecular complexity index is 785. The topological polar surface area (TPSA) is 55.4 Å². The van der Waals surface area contributed by atoms with Gasteiger partial charge in [0.25, 0.3) is 0 Å². The Morgan fingerprint density at radius 1 is 1.04 bits per heavy atom. The first-order valence-corrected chi connectivity index (χ1v) is 9.85. The number of nitrogens with zero attached hydrogens (tertiary/aromatic N) is 1. The summed E-state index contributed by atoms with van der Waals surface area (Å²) in [5.74, 6) is 1.51. The van der Waals surface area contributed by atoms with Gasteiger partial charge in [-0.2, -0.15) is 0 Å². The van der Waals surface area contributed by atoms with E-state index in [4.69, 9.17) is 14.5 Å². The second-order valence-corrected chi connectivity index (χ2v) is 7.38. The number of nitrogens with one attached hydrogen (secondary N) is 2. The molecule has 0 amide bonds. The number of hydrogen-bond acceptors (Lipinski definition) is 5. The summed E-state index contributed by atoms with van der Waals surface area (Å²) in [5.41, 5.74) is 4.93. The highest BCUT2D eigenvalue weighted by Gasteiger charge is 2.22. The first kappa shape index (κ1) is 17.4. The van der Waals surface area contributed by atoms with Crippen molar-refractivity contribution in [3.8, 4) is 11.5 Å². The van der Waals surface area contributed by atoms with Gasteiger partial charge in [-0.1, -0.05) is 6.42 Å². The Labute approximate surface area is 155 Å². The van der Waals surface area contributed by atoms with Gasteiger partial charge in [-0.3, -0.25) is 4.98 Å². The molecule has 0 spiro atoms. The SMILES string of the molecule is COc1cc2nc3c(c(N[C@@H]4CCCNC4)c2cc1OC)CCCCC3. The molecule has 0 saturated carbocycles. The van der Waals surface area contributed by atoms with Crippen LogP contribution in [0.15, 0.2) is 12.1 Å². The van der Waals surface area contributed by atoms with Crippen molar-refractivity contribution in [2.45, 2.75) is 51.0 Å². The molecule has 2 aromatic rings. The van der Waals surface area contributed by atoms with Crippen molar-refractivity contribution in [3.63, 3.8) is 0 Å². The van der Waals surface area contributed by atoms with E-state index >= 15 is 0 Å². The van der Waals surface area contributed by atoms with E-state index in [0.29, 0.717) is 6.04 Å². The summed E-state index contributed by atoms with van der Waals surface area (Å²) in [6.45, 7) is 2.14. The van der Waals surface area contributed by atoms with Gasteiger partial charge in [0, 0.05) is 35.4 Å². The molecule has 1 aliphatic carbocycles. The highest BCUT2D eigenvalue weighted by molar-refractivity contribution is 5.96. The highest BCUT2D eigenvalue weighted by Crippen LogP contribution is 2.39. The zero-order valence-corrected chi connectivity index (χ0v) is 15.9. The summed E-state index contributed by atoms with van der Waals surface area (Å²) in [4.78, 5) is 5.02. The molecule has 1 aromatic carbocycles. The molecule has 5 heteroatoms. The lowest BCUT2D eigenvalue weighted by atomic mass is 9.99. The second-order valence-electron chi connectivity index (χ2n) is 7.38.